The molecule has 0 spiro atoms. The molecule has 0 fully saturated rings. The highest BCUT2D eigenvalue weighted by atomic mass is 16.5. The molecule has 0 aliphatic heterocycles. The van der Waals surface area contributed by atoms with Crippen molar-refractivity contribution in [2.24, 2.45) is 0 Å². The third kappa shape index (κ3) is 1.88. The number of nitriles is 1. The van der Waals surface area contributed by atoms with E-state index in [4.69, 9.17) is 5.26 Å². The Hall–Kier alpha value is -1.76. The van der Waals surface area contributed by atoms with Crippen molar-refractivity contribution in [2.45, 2.75) is 0 Å². The van der Waals surface area contributed by atoms with Gasteiger partial charge in [0.05, 0.1) is 24.3 Å². The molecule has 0 atom stereocenters. The number of rotatable bonds is 1. The SMILES string of the molecule is Bc1ccc(C(=O)OC)c(C#N)c1. The Bertz CT molecular complexity index is 382. The van der Waals surface area contributed by atoms with Gasteiger partial charge in [0.1, 0.15) is 7.85 Å². The highest BCUT2D eigenvalue weighted by Crippen LogP contribution is 2.06. The number of esters is 1. The standard InChI is InChI=1S/C9H8BNO2/c1-13-9(12)8-3-2-7(10)4-6(8)5-11/h2-4H,10H2,1H3. The van der Waals surface area contributed by atoms with Crippen molar-refractivity contribution in [1.29, 1.82) is 5.26 Å². The number of hydrogen-bond donors (Lipinski definition) is 0. The largest absolute Gasteiger partial charge is 0.465 e. The van der Waals surface area contributed by atoms with Gasteiger partial charge in [0, 0.05) is 0 Å². The first-order valence-electron chi connectivity index (χ1n) is 3.78. The first-order valence-corrected chi connectivity index (χ1v) is 3.78. The Morgan fingerprint density at radius 1 is 1.62 bits per heavy atom. The van der Waals surface area contributed by atoms with E-state index in [9.17, 15) is 4.79 Å². The fourth-order valence-corrected chi connectivity index (χ4v) is 1.04. The molecule has 0 unspecified atom stereocenters. The van der Waals surface area contributed by atoms with Gasteiger partial charge < -0.3 is 4.74 Å². The first-order chi connectivity index (χ1) is 6.19. The van der Waals surface area contributed by atoms with Crippen LogP contribution in [0.3, 0.4) is 0 Å². The van der Waals surface area contributed by atoms with Crippen LogP contribution in [0.2, 0.25) is 0 Å². The summed E-state index contributed by atoms with van der Waals surface area (Å²) in [6.07, 6.45) is 0. The van der Waals surface area contributed by atoms with Crippen LogP contribution in [0.5, 0.6) is 0 Å². The van der Waals surface area contributed by atoms with E-state index in [1.165, 1.54) is 7.11 Å². The normalized spacial score (nSPS) is 8.92. The van der Waals surface area contributed by atoms with E-state index in [2.05, 4.69) is 4.74 Å². The van der Waals surface area contributed by atoms with Crippen LogP contribution in [0.25, 0.3) is 0 Å². The Morgan fingerprint density at radius 3 is 2.85 bits per heavy atom. The Balaban J connectivity index is 3.23. The van der Waals surface area contributed by atoms with E-state index < -0.39 is 5.97 Å². The van der Waals surface area contributed by atoms with E-state index in [0.29, 0.717) is 11.1 Å². The molecule has 1 rings (SSSR count). The molecule has 0 heterocycles. The van der Waals surface area contributed by atoms with Crippen LogP contribution >= 0.6 is 0 Å². The van der Waals surface area contributed by atoms with Gasteiger partial charge in [0.25, 0.3) is 0 Å². The molecule has 1 aromatic carbocycles. The van der Waals surface area contributed by atoms with E-state index in [1.54, 1.807) is 18.2 Å². The zero-order chi connectivity index (χ0) is 9.84. The van der Waals surface area contributed by atoms with E-state index in [1.807, 2.05) is 13.9 Å². The third-order valence-corrected chi connectivity index (χ3v) is 1.70. The van der Waals surface area contributed by atoms with Crippen molar-refractivity contribution in [3.63, 3.8) is 0 Å². The topological polar surface area (TPSA) is 50.1 Å². The summed E-state index contributed by atoms with van der Waals surface area (Å²) in [7, 11) is 3.16. The molecular weight excluding hydrogens is 165 g/mol. The molecule has 0 aliphatic rings. The Kier molecular flexibility index (Phi) is 2.71. The second-order valence-corrected chi connectivity index (χ2v) is 2.65. The third-order valence-electron chi connectivity index (χ3n) is 1.70. The molecule has 0 aromatic heterocycles. The predicted molar refractivity (Wildman–Crippen MR) is 50.7 cm³/mol. The lowest BCUT2D eigenvalue weighted by atomic mass is 9.92. The van der Waals surface area contributed by atoms with Crippen molar-refractivity contribution in [2.75, 3.05) is 7.11 Å². The summed E-state index contributed by atoms with van der Waals surface area (Å²) in [4.78, 5) is 11.1. The summed E-state index contributed by atoms with van der Waals surface area (Å²) >= 11 is 0. The molecule has 0 aliphatic carbocycles. The molecular formula is C9H8BNO2. The second kappa shape index (κ2) is 3.77. The zero-order valence-corrected chi connectivity index (χ0v) is 7.50. The summed E-state index contributed by atoms with van der Waals surface area (Å²) < 4.78 is 4.53. The molecule has 13 heavy (non-hydrogen) atoms. The van der Waals surface area contributed by atoms with Crippen molar-refractivity contribution in [3.05, 3.63) is 29.3 Å². The fraction of sp³-hybridized carbons (Fsp3) is 0.111. The quantitative estimate of drug-likeness (QED) is 0.429. The number of benzene rings is 1. The monoisotopic (exact) mass is 173 g/mol. The van der Waals surface area contributed by atoms with Gasteiger partial charge in [-0.15, -0.1) is 0 Å². The lowest BCUT2D eigenvalue weighted by Crippen LogP contribution is -2.09. The maximum Gasteiger partial charge on any atom is 0.339 e. The van der Waals surface area contributed by atoms with Crippen LogP contribution in [0.15, 0.2) is 18.2 Å². The van der Waals surface area contributed by atoms with Crippen molar-refractivity contribution in [3.8, 4) is 6.07 Å². The highest BCUT2D eigenvalue weighted by Gasteiger charge is 2.10. The molecule has 0 saturated heterocycles. The summed E-state index contributed by atoms with van der Waals surface area (Å²) in [5.41, 5.74) is 1.62. The van der Waals surface area contributed by atoms with Crippen LogP contribution in [0.1, 0.15) is 15.9 Å². The number of carbonyl (C=O) groups is 1. The van der Waals surface area contributed by atoms with Gasteiger partial charge in [-0.3, -0.25) is 0 Å². The molecule has 0 N–H and O–H groups in total. The minimum Gasteiger partial charge on any atom is -0.465 e. The summed E-state index contributed by atoms with van der Waals surface area (Å²) in [6.45, 7) is 0. The minimum atomic E-state index is -0.475. The molecule has 64 valence electrons. The first kappa shape index (κ1) is 9.33. The van der Waals surface area contributed by atoms with Crippen molar-refractivity contribution >= 4 is 19.3 Å². The van der Waals surface area contributed by atoms with Crippen molar-refractivity contribution < 1.29 is 9.53 Å². The molecule has 0 amide bonds. The number of methoxy groups -OCH3 is 1. The number of nitrogens with zero attached hydrogens (tertiary/aromatic N) is 1. The minimum absolute atomic E-state index is 0.315. The molecule has 0 radical (unpaired) electrons. The summed E-state index contributed by atoms with van der Waals surface area (Å²) in [6, 6.07) is 6.98. The van der Waals surface area contributed by atoms with Gasteiger partial charge in [-0.05, 0) is 12.1 Å². The van der Waals surface area contributed by atoms with Crippen molar-refractivity contribution in [1.82, 2.24) is 0 Å². The lowest BCUT2D eigenvalue weighted by molar-refractivity contribution is 0.0600. The number of carbonyl (C=O) groups excluding carboxylic acids is 1. The predicted octanol–water partition coefficient (Wildman–Crippen LogP) is -0.397. The van der Waals surface area contributed by atoms with Crippen LogP contribution in [0.4, 0.5) is 0 Å². The van der Waals surface area contributed by atoms with E-state index in [-0.39, 0.29) is 0 Å². The average Bonchev–Trinajstić information content (AvgIpc) is 2.16. The van der Waals surface area contributed by atoms with Gasteiger partial charge in [0.15, 0.2) is 0 Å². The van der Waals surface area contributed by atoms with Gasteiger partial charge in [0.2, 0.25) is 0 Å². The lowest BCUT2D eigenvalue weighted by Gasteiger charge is -2.01. The Morgan fingerprint density at radius 2 is 2.31 bits per heavy atom. The molecule has 0 bridgehead atoms. The van der Waals surface area contributed by atoms with Gasteiger partial charge in [-0.1, -0.05) is 11.5 Å². The molecule has 3 nitrogen and oxygen atoms in total. The summed E-state index contributed by atoms with van der Waals surface area (Å²) in [5.74, 6) is -0.475. The van der Waals surface area contributed by atoms with Crippen LogP contribution < -0.4 is 5.46 Å². The maximum atomic E-state index is 11.1. The van der Waals surface area contributed by atoms with E-state index >= 15 is 0 Å². The zero-order valence-electron chi connectivity index (χ0n) is 7.50. The fourth-order valence-electron chi connectivity index (χ4n) is 1.04. The van der Waals surface area contributed by atoms with Crippen LogP contribution in [-0.4, -0.2) is 20.9 Å². The Labute approximate surface area is 77.3 Å². The molecule has 0 saturated carbocycles. The van der Waals surface area contributed by atoms with Crippen LogP contribution in [-0.2, 0) is 4.74 Å². The second-order valence-electron chi connectivity index (χ2n) is 2.65. The summed E-state index contributed by atoms with van der Waals surface area (Å²) in [5, 5.41) is 8.73. The molecule has 4 heteroatoms. The van der Waals surface area contributed by atoms with Gasteiger partial charge in [-0.2, -0.15) is 5.26 Å². The smallest absolute Gasteiger partial charge is 0.339 e. The van der Waals surface area contributed by atoms with Crippen LogP contribution in [0, 0.1) is 11.3 Å². The average molecular weight is 173 g/mol. The van der Waals surface area contributed by atoms with Gasteiger partial charge >= 0.3 is 5.97 Å². The van der Waals surface area contributed by atoms with E-state index in [0.717, 1.165) is 5.46 Å². The maximum absolute atomic E-state index is 11.1. The number of ether oxygens (including phenoxy) is 1. The number of hydrogen-bond acceptors (Lipinski definition) is 3. The molecule has 1 aromatic rings. The highest BCUT2D eigenvalue weighted by molar-refractivity contribution is 6.32. The van der Waals surface area contributed by atoms with Gasteiger partial charge in [-0.25, -0.2) is 4.79 Å².